The number of H-pyrrole nitrogens is 3. The quantitative estimate of drug-likeness (QED) is 0.619. The Morgan fingerprint density at radius 1 is 1.18 bits per heavy atom. The van der Waals surface area contributed by atoms with E-state index in [0.29, 0.717) is 6.01 Å². The molecule has 2 aromatic heterocycles. The number of imidazole rings is 2. The average molecular weight is 230 g/mol. The fourth-order valence-corrected chi connectivity index (χ4v) is 1.75. The highest BCUT2D eigenvalue weighted by atomic mass is 16.5. The van der Waals surface area contributed by atoms with Crippen LogP contribution in [-0.2, 0) is 0 Å². The SMILES string of the molecule is COc1ncc(-c2ccc3[nH]c(=O)[nH]c3c2)[nH]1. The Kier molecular flexibility index (Phi) is 2.01. The van der Waals surface area contributed by atoms with E-state index < -0.39 is 0 Å². The molecular weight excluding hydrogens is 220 g/mol. The molecule has 0 radical (unpaired) electrons. The van der Waals surface area contributed by atoms with Gasteiger partial charge in [-0.1, -0.05) is 6.07 Å². The van der Waals surface area contributed by atoms with E-state index in [2.05, 4.69) is 19.9 Å². The molecule has 0 aliphatic heterocycles. The minimum absolute atomic E-state index is 0.209. The van der Waals surface area contributed by atoms with Crippen LogP contribution < -0.4 is 10.4 Å². The number of methoxy groups -OCH3 is 1. The third kappa shape index (κ3) is 1.59. The van der Waals surface area contributed by atoms with Crippen LogP contribution >= 0.6 is 0 Å². The van der Waals surface area contributed by atoms with Gasteiger partial charge in [0.25, 0.3) is 6.01 Å². The molecular formula is C11H10N4O2. The van der Waals surface area contributed by atoms with Crippen molar-refractivity contribution in [2.24, 2.45) is 0 Å². The molecule has 0 aliphatic rings. The molecule has 6 heteroatoms. The van der Waals surface area contributed by atoms with Crippen molar-refractivity contribution < 1.29 is 4.74 Å². The molecule has 0 atom stereocenters. The Labute approximate surface area is 95.7 Å². The van der Waals surface area contributed by atoms with Gasteiger partial charge in [0.05, 0.1) is 30.0 Å². The number of fused-ring (bicyclic) bond motifs is 1. The summed E-state index contributed by atoms with van der Waals surface area (Å²) in [6.45, 7) is 0. The van der Waals surface area contributed by atoms with Crippen LogP contribution in [-0.4, -0.2) is 27.0 Å². The van der Waals surface area contributed by atoms with E-state index in [1.165, 1.54) is 0 Å². The molecule has 0 amide bonds. The van der Waals surface area contributed by atoms with Crippen LogP contribution in [0.2, 0.25) is 0 Å². The zero-order valence-corrected chi connectivity index (χ0v) is 9.07. The Balaban J connectivity index is 2.13. The smallest absolute Gasteiger partial charge is 0.323 e. The lowest BCUT2D eigenvalue weighted by molar-refractivity contribution is 0.384. The van der Waals surface area contributed by atoms with Gasteiger partial charge in [0, 0.05) is 5.56 Å². The lowest BCUT2D eigenvalue weighted by atomic mass is 10.1. The molecule has 3 rings (SSSR count). The number of aromatic nitrogens is 4. The fraction of sp³-hybridized carbons (Fsp3) is 0.0909. The number of hydrogen-bond acceptors (Lipinski definition) is 3. The van der Waals surface area contributed by atoms with Gasteiger partial charge in [-0.2, -0.15) is 0 Å². The predicted octanol–water partition coefficient (Wildman–Crippen LogP) is 1.25. The van der Waals surface area contributed by atoms with Gasteiger partial charge in [-0.25, -0.2) is 9.78 Å². The molecule has 6 nitrogen and oxygen atoms in total. The van der Waals surface area contributed by atoms with E-state index in [4.69, 9.17) is 4.74 Å². The van der Waals surface area contributed by atoms with Gasteiger partial charge in [-0.15, -0.1) is 0 Å². The van der Waals surface area contributed by atoms with E-state index in [9.17, 15) is 4.79 Å². The van der Waals surface area contributed by atoms with Crippen molar-refractivity contribution in [2.45, 2.75) is 0 Å². The van der Waals surface area contributed by atoms with E-state index in [1.807, 2.05) is 18.2 Å². The normalized spacial score (nSPS) is 10.9. The van der Waals surface area contributed by atoms with Crippen LogP contribution in [0.3, 0.4) is 0 Å². The number of ether oxygens (including phenoxy) is 1. The van der Waals surface area contributed by atoms with Gasteiger partial charge < -0.3 is 19.7 Å². The van der Waals surface area contributed by atoms with Gasteiger partial charge in [0.1, 0.15) is 0 Å². The van der Waals surface area contributed by atoms with Crippen LogP contribution in [0.5, 0.6) is 6.01 Å². The van der Waals surface area contributed by atoms with Crippen molar-refractivity contribution >= 4 is 11.0 Å². The van der Waals surface area contributed by atoms with E-state index >= 15 is 0 Å². The summed E-state index contributed by atoms with van der Waals surface area (Å²) in [6.07, 6.45) is 1.69. The maximum atomic E-state index is 11.1. The molecule has 1 aromatic carbocycles. The lowest BCUT2D eigenvalue weighted by Gasteiger charge is -1.97. The number of nitrogens with one attached hydrogen (secondary N) is 3. The molecule has 3 N–H and O–H groups in total. The van der Waals surface area contributed by atoms with Crippen molar-refractivity contribution in [3.8, 4) is 17.3 Å². The number of nitrogens with zero attached hydrogens (tertiary/aromatic N) is 1. The Morgan fingerprint density at radius 2 is 2.00 bits per heavy atom. The van der Waals surface area contributed by atoms with Gasteiger partial charge in [0.15, 0.2) is 0 Å². The standard InChI is InChI=1S/C11H10N4O2/c1-17-11-12-5-9(15-11)6-2-3-7-8(4-6)14-10(16)13-7/h2-5H,1H3,(H,12,15)(H2,13,14,16). The maximum Gasteiger partial charge on any atom is 0.323 e. The van der Waals surface area contributed by atoms with Crippen LogP contribution in [0.25, 0.3) is 22.3 Å². The van der Waals surface area contributed by atoms with Crippen molar-refractivity contribution in [1.29, 1.82) is 0 Å². The average Bonchev–Trinajstić information content (AvgIpc) is 2.92. The molecule has 2 heterocycles. The third-order valence-electron chi connectivity index (χ3n) is 2.57. The first-order valence-electron chi connectivity index (χ1n) is 5.08. The van der Waals surface area contributed by atoms with Gasteiger partial charge >= 0.3 is 5.69 Å². The minimum atomic E-state index is -0.209. The number of rotatable bonds is 2. The van der Waals surface area contributed by atoms with E-state index in [-0.39, 0.29) is 5.69 Å². The summed E-state index contributed by atoms with van der Waals surface area (Å²) in [5.74, 6) is 0. The molecule has 0 saturated carbocycles. The second-order valence-electron chi connectivity index (χ2n) is 3.65. The Hall–Kier alpha value is -2.50. The second kappa shape index (κ2) is 3.51. The summed E-state index contributed by atoms with van der Waals surface area (Å²) in [5.41, 5.74) is 3.11. The molecule has 0 spiro atoms. The predicted molar refractivity (Wildman–Crippen MR) is 63.1 cm³/mol. The monoisotopic (exact) mass is 230 g/mol. The van der Waals surface area contributed by atoms with Crippen molar-refractivity contribution in [1.82, 2.24) is 19.9 Å². The molecule has 0 unspecified atom stereocenters. The van der Waals surface area contributed by atoms with Crippen molar-refractivity contribution in [2.75, 3.05) is 7.11 Å². The van der Waals surface area contributed by atoms with E-state index in [0.717, 1.165) is 22.3 Å². The number of hydrogen-bond donors (Lipinski definition) is 3. The Bertz CT molecular complexity index is 722. The summed E-state index contributed by atoms with van der Waals surface area (Å²) in [5, 5.41) is 0. The van der Waals surface area contributed by atoms with Crippen LogP contribution in [0, 0.1) is 0 Å². The van der Waals surface area contributed by atoms with Crippen LogP contribution in [0.15, 0.2) is 29.2 Å². The van der Waals surface area contributed by atoms with E-state index in [1.54, 1.807) is 13.3 Å². The third-order valence-corrected chi connectivity index (χ3v) is 2.57. The summed E-state index contributed by atoms with van der Waals surface area (Å²) in [7, 11) is 1.55. The summed E-state index contributed by atoms with van der Waals surface area (Å²) in [4.78, 5) is 23.6. The second-order valence-corrected chi connectivity index (χ2v) is 3.65. The van der Waals surface area contributed by atoms with Gasteiger partial charge in [0.2, 0.25) is 0 Å². The molecule has 86 valence electrons. The molecule has 0 fully saturated rings. The first kappa shape index (κ1) is 9.71. The number of benzene rings is 1. The largest absolute Gasteiger partial charge is 0.468 e. The first-order valence-corrected chi connectivity index (χ1v) is 5.08. The van der Waals surface area contributed by atoms with Crippen molar-refractivity contribution in [3.63, 3.8) is 0 Å². The zero-order chi connectivity index (χ0) is 11.8. The zero-order valence-electron chi connectivity index (χ0n) is 9.07. The highest BCUT2D eigenvalue weighted by Crippen LogP contribution is 2.21. The number of aromatic amines is 3. The summed E-state index contributed by atoms with van der Waals surface area (Å²) in [6, 6.07) is 6.08. The fourth-order valence-electron chi connectivity index (χ4n) is 1.75. The highest BCUT2D eigenvalue weighted by molar-refractivity contribution is 5.80. The molecule has 17 heavy (non-hydrogen) atoms. The minimum Gasteiger partial charge on any atom is -0.468 e. The molecule has 0 bridgehead atoms. The Morgan fingerprint density at radius 3 is 2.76 bits per heavy atom. The van der Waals surface area contributed by atoms with Gasteiger partial charge in [-0.05, 0) is 12.1 Å². The molecule has 0 saturated heterocycles. The topological polar surface area (TPSA) is 86.6 Å². The molecule has 3 aromatic rings. The van der Waals surface area contributed by atoms with Crippen LogP contribution in [0.1, 0.15) is 0 Å². The highest BCUT2D eigenvalue weighted by Gasteiger charge is 2.05. The van der Waals surface area contributed by atoms with Crippen LogP contribution in [0.4, 0.5) is 0 Å². The summed E-state index contributed by atoms with van der Waals surface area (Å²) < 4.78 is 4.98. The lowest BCUT2D eigenvalue weighted by Crippen LogP contribution is -1.99. The maximum absolute atomic E-state index is 11.1. The summed E-state index contributed by atoms with van der Waals surface area (Å²) >= 11 is 0. The molecule has 0 aliphatic carbocycles. The van der Waals surface area contributed by atoms with Gasteiger partial charge in [-0.3, -0.25) is 0 Å². The van der Waals surface area contributed by atoms with Crippen molar-refractivity contribution in [3.05, 3.63) is 34.9 Å². The first-order chi connectivity index (χ1) is 8.26.